The number of nitrogens with zero attached hydrogens (tertiary/aromatic N) is 2. The zero-order valence-electron chi connectivity index (χ0n) is 11.3. The molecule has 1 aliphatic heterocycles. The Bertz CT molecular complexity index is 253. The molecule has 0 radical (unpaired) electrons. The van der Waals surface area contributed by atoms with Gasteiger partial charge in [0.15, 0.2) is 5.78 Å². The van der Waals surface area contributed by atoms with Crippen molar-refractivity contribution in [1.29, 1.82) is 0 Å². The average Bonchev–Trinajstić information content (AvgIpc) is 2.32. The molecule has 1 unspecified atom stereocenters. The Morgan fingerprint density at radius 3 is 2.76 bits per heavy atom. The Labute approximate surface area is 105 Å². The Morgan fingerprint density at radius 2 is 2.06 bits per heavy atom. The molecule has 0 N–H and O–H groups in total. The van der Waals surface area contributed by atoms with E-state index in [-0.39, 0.29) is 6.04 Å². The summed E-state index contributed by atoms with van der Waals surface area (Å²) < 4.78 is 0. The summed E-state index contributed by atoms with van der Waals surface area (Å²) in [6, 6.07) is 0.119. The van der Waals surface area contributed by atoms with Crippen LogP contribution >= 0.6 is 0 Å². The summed E-state index contributed by atoms with van der Waals surface area (Å²) in [5.74, 6) is 0.414. The van der Waals surface area contributed by atoms with E-state index in [4.69, 9.17) is 0 Å². The summed E-state index contributed by atoms with van der Waals surface area (Å²) in [6.07, 6.45) is 7.09. The van der Waals surface area contributed by atoms with Crippen molar-refractivity contribution in [3.05, 3.63) is 12.7 Å². The zero-order chi connectivity index (χ0) is 12.7. The van der Waals surface area contributed by atoms with Gasteiger partial charge in [-0.2, -0.15) is 0 Å². The van der Waals surface area contributed by atoms with Crippen molar-refractivity contribution >= 4 is 5.78 Å². The van der Waals surface area contributed by atoms with E-state index < -0.39 is 0 Å². The molecule has 3 heteroatoms. The van der Waals surface area contributed by atoms with Crippen LogP contribution in [0.25, 0.3) is 0 Å². The average molecular weight is 238 g/mol. The van der Waals surface area contributed by atoms with Crippen LogP contribution in [-0.2, 0) is 4.79 Å². The van der Waals surface area contributed by atoms with Gasteiger partial charge in [0, 0.05) is 26.1 Å². The molecule has 17 heavy (non-hydrogen) atoms. The van der Waals surface area contributed by atoms with E-state index in [0.29, 0.717) is 5.78 Å². The van der Waals surface area contributed by atoms with Crippen molar-refractivity contribution < 1.29 is 4.79 Å². The molecular formula is C14H26N2O. The van der Waals surface area contributed by atoms with E-state index >= 15 is 0 Å². The predicted octanol–water partition coefficient (Wildman–Crippen LogP) is 1.94. The van der Waals surface area contributed by atoms with Crippen LogP contribution in [0.15, 0.2) is 12.7 Å². The van der Waals surface area contributed by atoms with Gasteiger partial charge in [0.05, 0.1) is 6.04 Å². The zero-order valence-corrected chi connectivity index (χ0v) is 11.3. The monoisotopic (exact) mass is 238 g/mol. The molecule has 1 saturated heterocycles. The van der Waals surface area contributed by atoms with Gasteiger partial charge >= 0.3 is 0 Å². The molecule has 1 rings (SSSR count). The fourth-order valence-corrected chi connectivity index (χ4v) is 2.29. The number of hydrogen-bond acceptors (Lipinski definition) is 3. The van der Waals surface area contributed by atoms with Crippen LogP contribution < -0.4 is 0 Å². The summed E-state index contributed by atoms with van der Waals surface area (Å²) in [7, 11) is 4.16. The number of rotatable bonds is 7. The molecule has 1 atom stereocenters. The molecule has 1 fully saturated rings. The molecule has 0 aromatic heterocycles. The predicted molar refractivity (Wildman–Crippen MR) is 72.2 cm³/mol. The maximum Gasteiger partial charge on any atom is 0.151 e. The second-order valence-corrected chi connectivity index (χ2v) is 5.11. The van der Waals surface area contributed by atoms with Gasteiger partial charge in [-0.05, 0) is 33.4 Å². The van der Waals surface area contributed by atoms with Gasteiger partial charge in [0.25, 0.3) is 0 Å². The fourth-order valence-electron chi connectivity index (χ4n) is 2.29. The van der Waals surface area contributed by atoms with Crippen LogP contribution in [0, 0.1) is 0 Å². The van der Waals surface area contributed by atoms with E-state index in [0.717, 1.165) is 51.7 Å². The highest BCUT2D eigenvalue weighted by atomic mass is 16.1. The lowest BCUT2D eigenvalue weighted by Crippen LogP contribution is -2.53. The maximum absolute atomic E-state index is 12.1. The van der Waals surface area contributed by atoms with Gasteiger partial charge < -0.3 is 4.90 Å². The number of piperazine rings is 1. The van der Waals surface area contributed by atoms with Gasteiger partial charge in [-0.3, -0.25) is 9.69 Å². The molecule has 0 aromatic carbocycles. The Morgan fingerprint density at radius 1 is 1.29 bits per heavy atom. The van der Waals surface area contributed by atoms with E-state index in [2.05, 4.69) is 30.5 Å². The quantitative estimate of drug-likeness (QED) is 0.500. The minimum atomic E-state index is 0.119. The van der Waals surface area contributed by atoms with Gasteiger partial charge in [-0.15, -0.1) is 6.58 Å². The maximum atomic E-state index is 12.1. The van der Waals surface area contributed by atoms with E-state index in [1.807, 2.05) is 6.08 Å². The van der Waals surface area contributed by atoms with Crippen molar-refractivity contribution in [2.75, 3.05) is 33.7 Å². The number of allylic oxidation sites excluding steroid dienone is 1. The third kappa shape index (κ3) is 5.00. The third-order valence-electron chi connectivity index (χ3n) is 3.55. The van der Waals surface area contributed by atoms with E-state index in [1.165, 1.54) is 0 Å². The molecule has 1 heterocycles. The number of carbonyl (C=O) groups excluding carboxylic acids is 1. The van der Waals surface area contributed by atoms with Gasteiger partial charge in [0.1, 0.15) is 0 Å². The first-order valence-electron chi connectivity index (χ1n) is 6.67. The van der Waals surface area contributed by atoms with Gasteiger partial charge in [-0.25, -0.2) is 0 Å². The minimum absolute atomic E-state index is 0.119. The van der Waals surface area contributed by atoms with E-state index in [1.54, 1.807) is 0 Å². The van der Waals surface area contributed by atoms with Gasteiger partial charge in [-0.1, -0.05) is 12.5 Å². The lowest BCUT2D eigenvalue weighted by atomic mass is 10.0. The lowest BCUT2D eigenvalue weighted by molar-refractivity contribution is -0.125. The number of carbonyl (C=O) groups is 1. The molecule has 0 spiro atoms. The minimum Gasteiger partial charge on any atom is -0.303 e. The van der Waals surface area contributed by atoms with Crippen LogP contribution in [0.1, 0.15) is 32.1 Å². The molecule has 0 amide bonds. The molecule has 3 nitrogen and oxygen atoms in total. The number of hydrogen-bond donors (Lipinski definition) is 0. The van der Waals surface area contributed by atoms with Crippen molar-refractivity contribution in [2.45, 2.75) is 38.1 Å². The van der Waals surface area contributed by atoms with Crippen molar-refractivity contribution in [3.8, 4) is 0 Å². The number of likely N-dealkylation sites (N-methyl/N-ethyl adjacent to an activating group) is 2. The Kier molecular flexibility index (Phi) is 6.45. The molecule has 0 aliphatic carbocycles. The SMILES string of the molecule is C=CCCCCCC(=O)C1CN(C)CCN1C. The topological polar surface area (TPSA) is 23.6 Å². The molecule has 98 valence electrons. The fraction of sp³-hybridized carbons (Fsp3) is 0.786. The van der Waals surface area contributed by atoms with Crippen LogP contribution in [0.5, 0.6) is 0 Å². The molecule has 0 saturated carbocycles. The first-order chi connectivity index (χ1) is 8.15. The number of unbranched alkanes of at least 4 members (excludes halogenated alkanes) is 3. The van der Waals surface area contributed by atoms with Crippen LogP contribution in [0.3, 0.4) is 0 Å². The van der Waals surface area contributed by atoms with Gasteiger partial charge in [0.2, 0.25) is 0 Å². The smallest absolute Gasteiger partial charge is 0.151 e. The number of Topliss-reactive ketones (excluding diaryl/α,β-unsaturated/α-hetero) is 1. The molecule has 0 aromatic rings. The number of ketones is 1. The summed E-state index contributed by atoms with van der Waals surface area (Å²) in [6.45, 7) is 6.67. The highest BCUT2D eigenvalue weighted by Crippen LogP contribution is 2.12. The summed E-state index contributed by atoms with van der Waals surface area (Å²) >= 11 is 0. The summed E-state index contributed by atoms with van der Waals surface area (Å²) in [4.78, 5) is 16.5. The highest BCUT2D eigenvalue weighted by molar-refractivity contribution is 5.84. The Hall–Kier alpha value is -0.670. The second kappa shape index (κ2) is 7.62. The van der Waals surface area contributed by atoms with Crippen LogP contribution in [0.4, 0.5) is 0 Å². The molecular weight excluding hydrogens is 212 g/mol. The lowest BCUT2D eigenvalue weighted by Gasteiger charge is -2.36. The second-order valence-electron chi connectivity index (χ2n) is 5.11. The van der Waals surface area contributed by atoms with Crippen molar-refractivity contribution in [1.82, 2.24) is 9.80 Å². The van der Waals surface area contributed by atoms with Crippen molar-refractivity contribution in [3.63, 3.8) is 0 Å². The van der Waals surface area contributed by atoms with Crippen molar-refractivity contribution in [2.24, 2.45) is 0 Å². The molecule has 1 aliphatic rings. The molecule has 0 bridgehead atoms. The summed E-state index contributed by atoms with van der Waals surface area (Å²) in [5.41, 5.74) is 0. The third-order valence-corrected chi connectivity index (χ3v) is 3.55. The summed E-state index contributed by atoms with van der Waals surface area (Å²) in [5, 5.41) is 0. The first kappa shape index (κ1) is 14.4. The standard InChI is InChI=1S/C14H26N2O/c1-4-5-6-7-8-9-14(17)13-12-15(2)10-11-16(13)3/h4,13H,1,5-12H2,2-3H3. The normalized spacial score (nSPS) is 22.6. The van der Waals surface area contributed by atoms with Crippen LogP contribution in [-0.4, -0.2) is 55.4 Å². The largest absolute Gasteiger partial charge is 0.303 e. The van der Waals surface area contributed by atoms with Crippen LogP contribution in [0.2, 0.25) is 0 Å². The van der Waals surface area contributed by atoms with E-state index in [9.17, 15) is 4.79 Å². The highest BCUT2D eigenvalue weighted by Gasteiger charge is 2.27. The first-order valence-corrected chi connectivity index (χ1v) is 6.67. The Balaban J connectivity index is 2.23.